The van der Waals surface area contributed by atoms with E-state index < -0.39 is 12.2 Å². The molecule has 0 saturated heterocycles. The van der Waals surface area contributed by atoms with Crippen LogP contribution < -0.4 is 0 Å². The van der Waals surface area contributed by atoms with E-state index in [-0.39, 0.29) is 5.56 Å². The maximum absolute atomic E-state index is 12.2. The maximum atomic E-state index is 12.2. The van der Waals surface area contributed by atoms with E-state index >= 15 is 0 Å². The van der Waals surface area contributed by atoms with Crippen molar-refractivity contribution in [3.63, 3.8) is 0 Å². The van der Waals surface area contributed by atoms with Crippen LogP contribution in [-0.2, 0) is 0 Å². The monoisotopic (exact) mass is 191 g/mol. The molecule has 1 nitrogen and oxygen atoms in total. The molecule has 0 N–H and O–H groups in total. The van der Waals surface area contributed by atoms with Crippen molar-refractivity contribution in [2.75, 3.05) is 0 Å². The van der Waals surface area contributed by atoms with Crippen molar-refractivity contribution in [1.29, 1.82) is 0 Å². The first-order valence-corrected chi connectivity index (χ1v) is 3.47. The predicted molar refractivity (Wildman–Crippen MR) is 41.8 cm³/mol. The van der Waals surface area contributed by atoms with Crippen LogP contribution in [0.5, 0.6) is 0 Å². The Balaban J connectivity index is 2.97. The lowest BCUT2D eigenvalue weighted by Crippen LogP contribution is -2.09. The van der Waals surface area contributed by atoms with E-state index in [9.17, 15) is 13.6 Å². The Kier molecular flexibility index (Phi) is 2.32. The largest absolute Gasteiger partial charge is 0.300 e. The van der Waals surface area contributed by atoms with E-state index in [2.05, 4.69) is 0 Å². The molecule has 0 saturated carbocycles. The van der Waals surface area contributed by atoms with Crippen LogP contribution in [0.3, 0.4) is 0 Å². The molecule has 1 aromatic carbocycles. The third-order valence-electron chi connectivity index (χ3n) is 1.28. The first kappa shape index (κ1) is 7.68. The molecule has 64 valence electrons. The number of carbonyl (C=O) groups excluding carboxylic acids is 1. The fourth-order valence-corrected chi connectivity index (χ4v) is 0.836. The van der Waals surface area contributed by atoms with Gasteiger partial charge in [-0.05, 0) is 24.3 Å². The van der Waals surface area contributed by atoms with Gasteiger partial charge in [-0.2, -0.15) is 0 Å². The van der Waals surface area contributed by atoms with Crippen LogP contribution in [0.25, 0.3) is 0 Å². The molecule has 0 spiro atoms. The van der Waals surface area contributed by atoms with Crippen LogP contribution in [-0.4, -0.2) is 12.2 Å². The summed E-state index contributed by atoms with van der Waals surface area (Å²) < 4.78 is 30.6. The summed E-state index contributed by atoms with van der Waals surface area (Å²) in [6, 6.07) is 4.96. The summed E-state index contributed by atoms with van der Waals surface area (Å²) in [5.74, 6) is -1.52. The van der Waals surface area contributed by atoms with Gasteiger partial charge in [-0.3, -0.25) is 4.79 Å². The SMILES string of the molecule is [2H]C(F)(F)C(=O)c1ccc(Cl)cc1. The lowest BCUT2D eigenvalue weighted by molar-refractivity contribution is 0.0679. The van der Waals surface area contributed by atoms with Gasteiger partial charge < -0.3 is 0 Å². The molecule has 1 aromatic rings. The Morgan fingerprint density at radius 3 is 2.33 bits per heavy atom. The number of ketones is 1. The molecule has 4 heteroatoms. The highest BCUT2D eigenvalue weighted by Crippen LogP contribution is 2.12. The Morgan fingerprint density at radius 1 is 1.42 bits per heavy atom. The summed E-state index contributed by atoms with van der Waals surface area (Å²) in [7, 11) is 0. The van der Waals surface area contributed by atoms with E-state index in [0.29, 0.717) is 5.02 Å². The molecular formula is C8H5ClF2O. The normalized spacial score (nSPS) is 12.4. The second kappa shape index (κ2) is 3.63. The zero-order chi connectivity index (χ0) is 10.1. The number of hydrogen-bond acceptors (Lipinski definition) is 1. The van der Waals surface area contributed by atoms with Crippen LogP contribution in [0.4, 0.5) is 8.78 Å². The van der Waals surface area contributed by atoms with Gasteiger partial charge in [0, 0.05) is 10.6 Å². The highest BCUT2D eigenvalue weighted by atomic mass is 35.5. The van der Waals surface area contributed by atoms with E-state index in [1.807, 2.05) is 0 Å². The van der Waals surface area contributed by atoms with Gasteiger partial charge in [0.05, 0.1) is 0 Å². The molecule has 0 amide bonds. The molecule has 1 rings (SSSR count). The van der Waals surface area contributed by atoms with Crippen LogP contribution >= 0.6 is 11.6 Å². The summed E-state index contributed by atoms with van der Waals surface area (Å²) in [6.45, 7) is 0. The van der Waals surface area contributed by atoms with Crippen molar-refractivity contribution < 1.29 is 14.9 Å². The Labute approximate surface area is 74.4 Å². The fourth-order valence-electron chi connectivity index (χ4n) is 0.710. The van der Waals surface area contributed by atoms with Gasteiger partial charge in [0.15, 0.2) is 0 Å². The van der Waals surface area contributed by atoms with Crippen LogP contribution in [0.1, 0.15) is 11.7 Å². The van der Waals surface area contributed by atoms with Gasteiger partial charge in [0.2, 0.25) is 5.78 Å². The van der Waals surface area contributed by atoms with Gasteiger partial charge in [-0.15, -0.1) is 0 Å². The number of halogens is 3. The summed E-state index contributed by atoms with van der Waals surface area (Å²) in [5.41, 5.74) is -0.218. The highest BCUT2D eigenvalue weighted by molar-refractivity contribution is 6.30. The first-order valence-electron chi connectivity index (χ1n) is 3.59. The molecule has 0 radical (unpaired) electrons. The standard InChI is InChI=1S/C8H5ClF2O/c9-6-3-1-5(2-4-6)7(12)8(10)11/h1-4,8H/i8D. The molecule has 0 aliphatic rings. The first-order chi connectivity index (χ1) is 5.91. The smallest absolute Gasteiger partial charge is 0.288 e. The van der Waals surface area contributed by atoms with Crippen molar-refractivity contribution in [2.24, 2.45) is 0 Å². The average Bonchev–Trinajstić information content (AvgIpc) is 2.03. The predicted octanol–water partition coefficient (Wildman–Crippen LogP) is 2.79. The number of rotatable bonds is 2. The van der Waals surface area contributed by atoms with Crippen molar-refractivity contribution in [1.82, 2.24) is 0 Å². The van der Waals surface area contributed by atoms with Crippen molar-refractivity contribution >= 4 is 17.4 Å². The Hall–Kier alpha value is -0.960. The Morgan fingerprint density at radius 2 is 1.92 bits per heavy atom. The lowest BCUT2D eigenvalue weighted by atomic mass is 10.1. The molecule has 0 bridgehead atoms. The van der Waals surface area contributed by atoms with E-state index in [0.717, 1.165) is 12.1 Å². The number of alkyl halides is 2. The highest BCUT2D eigenvalue weighted by Gasteiger charge is 2.16. The average molecular weight is 192 g/mol. The summed E-state index contributed by atoms with van der Waals surface area (Å²) in [6.07, 6.45) is -4.08. The number of Topliss-reactive ketones (excluding diaryl/α,β-unsaturated/α-hetero) is 1. The van der Waals surface area contributed by atoms with Gasteiger partial charge in [-0.25, -0.2) is 8.78 Å². The minimum absolute atomic E-state index is 0.218. The van der Waals surface area contributed by atoms with E-state index in [4.69, 9.17) is 13.0 Å². The van der Waals surface area contributed by atoms with E-state index in [1.165, 1.54) is 12.1 Å². The lowest BCUT2D eigenvalue weighted by Gasteiger charge is -1.98. The van der Waals surface area contributed by atoms with Gasteiger partial charge in [0.25, 0.3) is 0 Å². The van der Waals surface area contributed by atoms with Crippen molar-refractivity contribution in [2.45, 2.75) is 6.40 Å². The second-order valence-electron chi connectivity index (χ2n) is 2.10. The minimum Gasteiger partial charge on any atom is -0.288 e. The van der Waals surface area contributed by atoms with Crippen molar-refractivity contribution in [3.05, 3.63) is 34.9 Å². The topological polar surface area (TPSA) is 17.1 Å². The fraction of sp³-hybridized carbons (Fsp3) is 0.125. The van der Waals surface area contributed by atoms with E-state index in [1.54, 1.807) is 0 Å². The summed E-state index contributed by atoms with van der Waals surface area (Å²) in [5, 5.41) is 0.352. The molecule has 0 heterocycles. The molecule has 0 fully saturated rings. The third-order valence-corrected chi connectivity index (χ3v) is 1.53. The molecule has 0 aliphatic carbocycles. The summed E-state index contributed by atoms with van der Waals surface area (Å²) in [4.78, 5) is 10.8. The molecule has 0 atom stereocenters. The summed E-state index contributed by atoms with van der Waals surface area (Å²) >= 11 is 5.48. The number of benzene rings is 1. The zero-order valence-electron chi connectivity index (χ0n) is 6.85. The van der Waals surface area contributed by atoms with Gasteiger partial charge in [-0.1, -0.05) is 11.6 Å². The van der Waals surface area contributed by atoms with Crippen LogP contribution in [0.2, 0.25) is 5.02 Å². The van der Waals surface area contributed by atoms with Gasteiger partial charge in [0.1, 0.15) is 1.37 Å². The van der Waals surface area contributed by atoms with Gasteiger partial charge >= 0.3 is 6.40 Å². The molecular weight excluding hydrogens is 186 g/mol. The molecule has 0 aromatic heterocycles. The van der Waals surface area contributed by atoms with Crippen LogP contribution in [0, 0.1) is 0 Å². The van der Waals surface area contributed by atoms with Crippen molar-refractivity contribution in [3.8, 4) is 0 Å². The Bertz CT molecular complexity index is 318. The second-order valence-corrected chi connectivity index (χ2v) is 2.53. The molecule has 12 heavy (non-hydrogen) atoms. The molecule has 0 unspecified atom stereocenters. The molecule has 0 aliphatic heterocycles. The van der Waals surface area contributed by atoms with Crippen LogP contribution in [0.15, 0.2) is 24.3 Å². The maximum Gasteiger partial charge on any atom is 0.300 e. The number of hydrogen-bond donors (Lipinski definition) is 0. The zero-order valence-corrected chi connectivity index (χ0v) is 6.61. The minimum atomic E-state index is -4.08. The number of carbonyl (C=O) groups is 1. The third kappa shape index (κ3) is 2.01. The quantitative estimate of drug-likeness (QED) is 0.657.